The second-order valence-corrected chi connectivity index (χ2v) is 5.43. The molecule has 1 aromatic heterocycles. The molecule has 0 saturated carbocycles. The number of benzene rings is 1. The summed E-state index contributed by atoms with van der Waals surface area (Å²) in [5.41, 5.74) is 0.952. The average Bonchev–Trinajstić information content (AvgIpc) is 2.78. The maximum absolute atomic E-state index is 11.5. The molecule has 0 unspecified atom stereocenters. The molecule has 100 valence electrons. The predicted molar refractivity (Wildman–Crippen MR) is 74.2 cm³/mol. The van der Waals surface area contributed by atoms with Crippen molar-refractivity contribution < 1.29 is 14.3 Å². The number of ether oxygens (including phenoxy) is 1. The number of nitrogens with zero attached hydrogens (tertiary/aromatic N) is 1. The lowest BCUT2D eigenvalue weighted by molar-refractivity contribution is -0.153. The molecule has 19 heavy (non-hydrogen) atoms. The molecule has 1 aromatic carbocycles. The summed E-state index contributed by atoms with van der Waals surface area (Å²) in [6.07, 6.45) is 0.128. The van der Waals surface area contributed by atoms with E-state index in [-0.39, 0.29) is 18.2 Å². The molecule has 0 amide bonds. The van der Waals surface area contributed by atoms with Crippen molar-refractivity contribution in [2.75, 3.05) is 0 Å². The molecule has 1 atom stereocenters. The number of para-hydroxylation sites is 1. The van der Waals surface area contributed by atoms with E-state index < -0.39 is 6.10 Å². The maximum Gasteiger partial charge on any atom is 0.306 e. The molecule has 0 spiro atoms. The Kier molecular flexibility index (Phi) is 4.27. The van der Waals surface area contributed by atoms with E-state index in [1.165, 1.54) is 6.92 Å². The van der Waals surface area contributed by atoms with E-state index in [0.29, 0.717) is 6.42 Å². The second kappa shape index (κ2) is 5.93. The Morgan fingerprint density at radius 1 is 1.37 bits per heavy atom. The largest absolute Gasteiger partial charge is 0.455 e. The van der Waals surface area contributed by atoms with Crippen LogP contribution in [-0.2, 0) is 20.7 Å². The molecule has 0 aliphatic heterocycles. The highest BCUT2D eigenvalue weighted by molar-refractivity contribution is 7.18. The van der Waals surface area contributed by atoms with Crippen LogP contribution in [0.25, 0.3) is 10.2 Å². The SMILES string of the molecule is CC(=O)[C@@H](C)OC(=O)CCc1nc2ccccc2s1. The zero-order chi connectivity index (χ0) is 13.8. The predicted octanol–water partition coefficient (Wildman–Crippen LogP) is 2.75. The quantitative estimate of drug-likeness (QED) is 0.789. The van der Waals surface area contributed by atoms with Gasteiger partial charge < -0.3 is 4.74 Å². The van der Waals surface area contributed by atoms with Gasteiger partial charge >= 0.3 is 5.97 Å². The van der Waals surface area contributed by atoms with Gasteiger partial charge in [-0.25, -0.2) is 4.98 Å². The van der Waals surface area contributed by atoms with Gasteiger partial charge in [-0.1, -0.05) is 12.1 Å². The third-order valence-electron chi connectivity index (χ3n) is 2.76. The lowest BCUT2D eigenvalue weighted by Crippen LogP contribution is -2.21. The van der Waals surface area contributed by atoms with Gasteiger partial charge in [-0.2, -0.15) is 0 Å². The van der Waals surface area contributed by atoms with E-state index >= 15 is 0 Å². The van der Waals surface area contributed by atoms with Crippen LogP contribution in [0.2, 0.25) is 0 Å². The molecular weight excluding hydrogens is 262 g/mol. The van der Waals surface area contributed by atoms with Crippen molar-refractivity contribution in [2.24, 2.45) is 0 Å². The number of esters is 1. The van der Waals surface area contributed by atoms with E-state index in [1.807, 2.05) is 24.3 Å². The Morgan fingerprint density at radius 2 is 2.11 bits per heavy atom. The fourth-order valence-corrected chi connectivity index (χ4v) is 2.54. The first kappa shape index (κ1) is 13.7. The van der Waals surface area contributed by atoms with Crippen LogP contribution in [0.15, 0.2) is 24.3 Å². The van der Waals surface area contributed by atoms with Crippen LogP contribution < -0.4 is 0 Å². The van der Waals surface area contributed by atoms with Gasteiger partial charge in [-0.15, -0.1) is 11.3 Å². The number of aromatic nitrogens is 1. The number of hydrogen-bond donors (Lipinski definition) is 0. The monoisotopic (exact) mass is 277 g/mol. The lowest BCUT2D eigenvalue weighted by atomic mass is 10.3. The van der Waals surface area contributed by atoms with E-state index in [9.17, 15) is 9.59 Å². The first-order chi connectivity index (χ1) is 9.06. The molecular formula is C14H15NO3S. The summed E-state index contributed by atoms with van der Waals surface area (Å²) in [6.45, 7) is 2.99. The number of thiazole rings is 1. The summed E-state index contributed by atoms with van der Waals surface area (Å²) in [6, 6.07) is 7.86. The Morgan fingerprint density at radius 3 is 2.79 bits per heavy atom. The van der Waals surface area contributed by atoms with Crippen LogP contribution in [0.1, 0.15) is 25.3 Å². The number of ketones is 1. The Bertz CT molecular complexity index is 573. The van der Waals surface area contributed by atoms with Crippen molar-refractivity contribution in [1.29, 1.82) is 0 Å². The highest BCUT2D eigenvalue weighted by Gasteiger charge is 2.14. The highest BCUT2D eigenvalue weighted by atomic mass is 32.1. The van der Waals surface area contributed by atoms with Crippen molar-refractivity contribution in [1.82, 2.24) is 4.98 Å². The van der Waals surface area contributed by atoms with Gasteiger partial charge in [0.1, 0.15) is 0 Å². The van der Waals surface area contributed by atoms with Gasteiger partial charge in [0.15, 0.2) is 11.9 Å². The third-order valence-corrected chi connectivity index (χ3v) is 3.86. The van der Waals surface area contributed by atoms with Gasteiger partial charge in [-0.3, -0.25) is 9.59 Å². The second-order valence-electron chi connectivity index (χ2n) is 4.32. The minimum atomic E-state index is -0.664. The van der Waals surface area contributed by atoms with Crippen molar-refractivity contribution >= 4 is 33.3 Å². The molecule has 2 rings (SSSR count). The van der Waals surface area contributed by atoms with Crippen molar-refractivity contribution in [3.8, 4) is 0 Å². The summed E-state index contributed by atoms with van der Waals surface area (Å²) in [5, 5.41) is 0.911. The molecule has 2 aromatic rings. The number of aryl methyl sites for hydroxylation is 1. The normalized spacial score (nSPS) is 12.3. The number of carbonyl (C=O) groups excluding carboxylic acids is 2. The summed E-state index contributed by atoms with van der Waals surface area (Å²) in [5.74, 6) is -0.504. The number of rotatable bonds is 5. The van der Waals surface area contributed by atoms with E-state index in [0.717, 1.165) is 15.2 Å². The van der Waals surface area contributed by atoms with Crippen LogP contribution in [-0.4, -0.2) is 22.8 Å². The molecule has 0 aliphatic rings. The maximum atomic E-state index is 11.5. The van der Waals surface area contributed by atoms with Gasteiger partial charge in [-0.05, 0) is 26.0 Å². The van der Waals surface area contributed by atoms with Crippen LogP contribution in [0.4, 0.5) is 0 Å². The smallest absolute Gasteiger partial charge is 0.306 e. The average molecular weight is 277 g/mol. The topological polar surface area (TPSA) is 56.3 Å². The zero-order valence-corrected chi connectivity index (χ0v) is 11.7. The Balaban J connectivity index is 1.91. The number of fused-ring (bicyclic) bond motifs is 1. The lowest BCUT2D eigenvalue weighted by Gasteiger charge is -2.08. The van der Waals surface area contributed by atoms with Gasteiger partial charge in [0.2, 0.25) is 0 Å². The van der Waals surface area contributed by atoms with Gasteiger partial charge in [0.05, 0.1) is 21.6 Å². The van der Waals surface area contributed by atoms with Gasteiger partial charge in [0, 0.05) is 6.42 Å². The van der Waals surface area contributed by atoms with Crippen molar-refractivity contribution in [2.45, 2.75) is 32.8 Å². The molecule has 5 heteroatoms. The first-order valence-corrected chi connectivity index (χ1v) is 6.92. The minimum Gasteiger partial charge on any atom is -0.455 e. The van der Waals surface area contributed by atoms with Crippen molar-refractivity contribution in [3.63, 3.8) is 0 Å². The molecule has 0 bridgehead atoms. The summed E-state index contributed by atoms with van der Waals surface area (Å²) in [4.78, 5) is 27.0. The Labute approximate surface area is 115 Å². The van der Waals surface area contributed by atoms with Crippen molar-refractivity contribution in [3.05, 3.63) is 29.3 Å². The summed E-state index contributed by atoms with van der Waals surface area (Å²) in [7, 11) is 0. The summed E-state index contributed by atoms with van der Waals surface area (Å²) >= 11 is 1.58. The first-order valence-electron chi connectivity index (χ1n) is 6.10. The molecule has 0 fully saturated rings. The molecule has 4 nitrogen and oxygen atoms in total. The molecule has 1 heterocycles. The molecule has 0 aliphatic carbocycles. The van der Waals surface area contributed by atoms with Crippen LogP contribution in [0, 0.1) is 0 Å². The molecule has 0 N–H and O–H groups in total. The number of Topliss-reactive ketones (excluding diaryl/α,β-unsaturated/α-hetero) is 1. The standard InChI is InChI=1S/C14H15NO3S/c1-9(16)10(2)18-14(17)8-7-13-15-11-5-3-4-6-12(11)19-13/h3-6,10H,7-8H2,1-2H3/t10-/m1/s1. The van der Waals surface area contributed by atoms with Crippen LogP contribution in [0.5, 0.6) is 0 Å². The third kappa shape index (κ3) is 3.61. The van der Waals surface area contributed by atoms with Crippen LogP contribution >= 0.6 is 11.3 Å². The number of carbonyl (C=O) groups is 2. The van der Waals surface area contributed by atoms with Gasteiger partial charge in [0.25, 0.3) is 0 Å². The minimum absolute atomic E-state index is 0.145. The zero-order valence-electron chi connectivity index (χ0n) is 10.9. The van der Waals surface area contributed by atoms with E-state index in [4.69, 9.17) is 4.74 Å². The fourth-order valence-electron chi connectivity index (χ4n) is 1.57. The fraction of sp³-hybridized carbons (Fsp3) is 0.357. The Hall–Kier alpha value is -1.75. The summed E-state index contributed by atoms with van der Waals surface area (Å²) < 4.78 is 6.11. The highest BCUT2D eigenvalue weighted by Crippen LogP contribution is 2.22. The van der Waals surface area contributed by atoms with E-state index in [2.05, 4.69) is 4.98 Å². The molecule has 0 saturated heterocycles. The van der Waals surface area contributed by atoms with Crippen LogP contribution in [0.3, 0.4) is 0 Å². The number of hydrogen-bond acceptors (Lipinski definition) is 5. The van der Waals surface area contributed by atoms with E-state index in [1.54, 1.807) is 18.3 Å². The molecule has 0 radical (unpaired) electrons.